The van der Waals surface area contributed by atoms with Crippen LogP contribution in [0.4, 0.5) is 0 Å². The van der Waals surface area contributed by atoms with Gasteiger partial charge in [0.15, 0.2) is 4.80 Å². The van der Waals surface area contributed by atoms with E-state index in [1.165, 1.54) is 16.0 Å². The van der Waals surface area contributed by atoms with Crippen LogP contribution in [0.3, 0.4) is 0 Å². The van der Waals surface area contributed by atoms with Gasteiger partial charge in [-0.25, -0.2) is 4.68 Å². The van der Waals surface area contributed by atoms with Crippen molar-refractivity contribution in [1.29, 1.82) is 5.41 Å². The summed E-state index contributed by atoms with van der Waals surface area (Å²) < 4.78 is 30.7. The second kappa shape index (κ2) is 5.10. The molecule has 15 heavy (non-hydrogen) atoms. The Labute approximate surface area is 95.0 Å². The van der Waals surface area contributed by atoms with Crippen LogP contribution >= 0.6 is 22.1 Å². The molecule has 0 amide bonds. The topological polar surface area (TPSA) is 96.0 Å². The molecule has 0 aliphatic rings. The number of rotatable bonds is 5. The van der Waals surface area contributed by atoms with Crippen LogP contribution in [0.5, 0.6) is 0 Å². The molecular weight excluding hydrogens is 258 g/mol. The average molecular weight is 269 g/mol. The Morgan fingerprint density at radius 3 is 2.80 bits per heavy atom. The first-order valence-electron chi connectivity index (χ1n) is 4.15. The van der Waals surface area contributed by atoms with Crippen molar-refractivity contribution in [1.82, 2.24) is 9.78 Å². The molecule has 0 saturated carbocycles. The Balaban J connectivity index is 2.58. The van der Waals surface area contributed by atoms with Gasteiger partial charge in [-0.05, 0) is 17.2 Å². The van der Waals surface area contributed by atoms with Crippen LogP contribution in [-0.4, -0.2) is 28.5 Å². The van der Waals surface area contributed by atoms with Gasteiger partial charge in [-0.1, -0.05) is 18.3 Å². The van der Waals surface area contributed by atoms with Crippen molar-refractivity contribution in [2.45, 2.75) is 19.9 Å². The van der Waals surface area contributed by atoms with Crippen molar-refractivity contribution in [2.24, 2.45) is 0 Å². The molecule has 86 valence electrons. The van der Waals surface area contributed by atoms with Crippen LogP contribution in [0.1, 0.15) is 11.9 Å². The van der Waals surface area contributed by atoms with Crippen molar-refractivity contribution in [2.75, 3.05) is 5.75 Å². The quantitative estimate of drug-likeness (QED) is 0.600. The molecule has 6 nitrogen and oxygen atoms in total. The fourth-order valence-corrected chi connectivity index (χ4v) is 2.95. The Morgan fingerprint density at radius 1 is 1.67 bits per heavy atom. The lowest BCUT2D eigenvalue weighted by molar-refractivity contribution is 0.502. The monoisotopic (exact) mass is 269 g/mol. The molecule has 0 aromatic carbocycles. The molecule has 0 aliphatic heterocycles. The number of hydrogen-bond donors (Lipinski definition) is 2. The van der Waals surface area contributed by atoms with Gasteiger partial charge in [-0.15, -0.1) is 0 Å². The summed E-state index contributed by atoms with van der Waals surface area (Å²) in [7, 11) is -3.55. The van der Waals surface area contributed by atoms with Gasteiger partial charge >= 0.3 is 9.15 Å². The molecule has 0 aliphatic carbocycles. The van der Waals surface area contributed by atoms with Gasteiger partial charge in [0.2, 0.25) is 0 Å². The van der Waals surface area contributed by atoms with Crippen LogP contribution in [0.15, 0.2) is 0 Å². The lowest BCUT2D eigenvalue weighted by atomic mass is 10.5. The van der Waals surface area contributed by atoms with Crippen molar-refractivity contribution in [3.05, 3.63) is 9.81 Å². The molecular formula is C6H11N3O3S3. The highest BCUT2D eigenvalue weighted by Crippen LogP contribution is 2.09. The minimum absolute atomic E-state index is 0.183. The molecule has 0 radical (unpaired) electrons. The van der Waals surface area contributed by atoms with Gasteiger partial charge in [0.25, 0.3) is 0 Å². The summed E-state index contributed by atoms with van der Waals surface area (Å²) in [5.74, 6) is 0.183. The van der Waals surface area contributed by atoms with Crippen molar-refractivity contribution < 1.29 is 13.0 Å². The maximum Gasteiger partial charge on any atom is 0.319 e. The molecule has 1 aromatic rings. The summed E-state index contributed by atoms with van der Waals surface area (Å²) in [5, 5.41) is 12.5. The van der Waals surface area contributed by atoms with E-state index < -0.39 is 9.15 Å². The fourth-order valence-electron chi connectivity index (χ4n) is 0.888. The van der Waals surface area contributed by atoms with E-state index in [0.29, 0.717) is 22.1 Å². The SMILES string of the molecule is CCc1nn(CCSS(=O)(=O)O)c(=N)s1. The van der Waals surface area contributed by atoms with E-state index in [1.807, 2.05) is 6.92 Å². The zero-order chi connectivity index (χ0) is 11.5. The Hall–Kier alpha value is -0.380. The highest BCUT2D eigenvalue weighted by Gasteiger charge is 2.07. The summed E-state index contributed by atoms with van der Waals surface area (Å²) >= 11 is 1.27. The van der Waals surface area contributed by atoms with Crippen LogP contribution in [0.25, 0.3) is 0 Å². The summed E-state index contributed by atoms with van der Waals surface area (Å²) in [6, 6.07) is 0. The first kappa shape index (κ1) is 12.7. The van der Waals surface area contributed by atoms with Gasteiger partial charge < -0.3 is 0 Å². The van der Waals surface area contributed by atoms with E-state index in [1.54, 1.807) is 0 Å². The molecule has 0 fully saturated rings. The first-order valence-corrected chi connectivity index (χ1v) is 7.91. The standard InChI is InChI=1S/C6H11N3O3S3/c1-2-5-8-9(6(7)14-5)3-4-13-15(10,11)12/h7H,2-4H2,1H3,(H,10,11,12). The molecule has 0 unspecified atom stereocenters. The zero-order valence-corrected chi connectivity index (χ0v) is 10.5. The van der Waals surface area contributed by atoms with Gasteiger partial charge in [0, 0.05) is 5.75 Å². The Bertz CT molecular complexity index is 475. The number of aryl methyl sites for hydroxylation is 2. The van der Waals surface area contributed by atoms with Crippen LogP contribution in [-0.2, 0) is 22.1 Å². The second-order valence-corrected chi connectivity index (χ2v) is 7.16. The minimum Gasteiger partial charge on any atom is -0.277 e. The number of hydrogen-bond acceptors (Lipinski definition) is 6. The number of aromatic nitrogens is 2. The van der Waals surface area contributed by atoms with Crippen LogP contribution < -0.4 is 4.80 Å². The van der Waals surface area contributed by atoms with E-state index in [-0.39, 0.29) is 5.75 Å². The zero-order valence-electron chi connectivity index (χ0n) is 8.00. The van der Waals surface area contributed by atoms with E-state index in [9.17, 15) is 8.42 Å². The minimum atomic E-state index is -3.99. The predicted molar refractivity (Wildman–Crippen MR) is 59.3 cm³/mol. The first-order chi connectivity index (χ1) is 6.92. The van der Waals surface area contributed by atoms with Gasteiger partial charge in [0.1, 0.15) is 5.01 Å². The molecule has 1 rings (SSSR count). The van der Waals surface area contributed by atoms with E-state index in [2.05, 4.69) is 5.10 Å². The maximum atomic E-state index is 10.4. The lowest BCUT2D eigenvalue weighted by Gasteiger charge is -1.98. The third-order valence-electron chi connectivity index (χ3n) is 1.52. The summed E-state index contributed by atoms with van der Waals surface area (Å²) in [5.41, 5.74) is 0. The Morgan fingerprint density at radius 2 is 2.33 bits per heavy atom. The van der Waals surface area contributed by atoms with Gasteiger partial charge in [-0.3, -0.25) is 9.96 Å². The molecule has 2 N–H and O–H groups in total. The van der Waals surface area contributed by atoms with Crippen molar-refractivity contribution in [3.63, 3.8) is 0 Å². The van der Waals surface area contributed by atoms with Crippen molar-refractivity contribution >= 4 is 31.3 Å². The smallest absolute Gasteiger partial charge is 0.277 e. The average Bonchev–Trinajstić information content (AvgIpc) is 2.45. The molecule has 1 aromatic heterocycles. The van der Waals surface area contributed by atoms with Crippen LogP contribution in [0, 0.1) is 5.41 Å². The third-order valence-corrected chi connectivity index (χ3v) is 4.57. The van der Waals surface area contributed by atoms with Crippen molar-refractivity contribution in [3.8, 4) is 0 Å². The molecule has 1 heterocycles. The van der Waals surface area contributed by atoms with Crippen LogP contribution in [0.2, 0.25) is 0 Å². The lowest BCUT2D eigenvalue weighted by Crippen LogP contribution is -2.16. The van der Waals surface area contributed by atoms with Gasteiger partial charge in [0.05, 0.1) is 6.54 Å². The second-order valence-electron chi connectivity index (χ2n) is 2.63. The van der Waals surface area contributed by atoms with E-state index >= 15 is 0 Å². The summed E-state index contributed by atoms with van der Waals surface area (Å²) in [6.07, 6.45) is 0.759. The van der Waals surface area contributed by atoms with E-state index in [0.717, 1.165) is 11.4 Å². The maximum absolute atomic E-state index is 10.4. The largest absolute Gasteiger partial charge is 0.319 e. The fraction of sp³-hybridized carbons (Fsp3) is 0.667. The third kappa shape index (κ3) is 4.33. The normalized spacial score (nSPS) is 11.9. The number of nitrogens with zero attached hydrogens (tertiary/aromatic N) is 2. The molecule has 0 bridgehead atoms. The molecule has 0 saturated heterocycles. The Kier molecular flexibility index (Phi) is 4.32. The summed E-state index contributed by atoms with van der Waals surface area (Å²) in [6.45, 7) is 2.25. The molecule has 0 atom stereocenters. The van der Waals surface area contributed by atoms with E-state index in [4.69, 9.17) is 9.96 Å². The van der Waals surface area contributed by atoms with Gasteiger partial charge in [-0.2, -0.15) is 13.5 Å². The summed E-state index contributed by atoms with van der Waals surface area (Å²) in [4.78, 5) is 0.294. The molecule has 9 heteroatoms. The predicted octanol–water partition coefficient (Wildman–Crippen LogP) is 0.522. The number of nitrogens with one attached hydrogen (secondary N) is 1. The highest BCUT2D eigenvalue weighted by atomic mass is 33.1. The molecule has 0 spiro atoms. The highest BCUT2D eigenvalue weighted by molar-refractivity contribution is 8.69.